The van der Waals surface area contributed by atoms with Gasteiger partial charge >= 0.3 is 5.69 Å². The highest BCUT2D eigenvalue weighted by molar-refractivity contribution is 6.30. The van der Waals surface area contributed by atoms with E-state index in [1.165, 1.54) is 4.57 Å². The fourth-order valence-electron chi connectivity index (χ4n) is 3.58. The molecule has 1 fully saturated rings. The summed E-state index contributed by atoms with van der Waals surface area (Å²) in [6.45, 7) is 3.32. The number of nitrogens with one attached hydrogen (secondary N) is 1. The third-order valence-electron chi connectivity index (χ3n) is 5.26. The van der Waals surface area contributed by atoms with Crippen molar-refractivity contribution in [1.82, 2.24) is 19.1 Å². The summed E-state index contributed by atoms with van der Waals surface area (Å²) in [5.41, 5.74) is 1.00. The molecule has 2 heterocycles. The zero-order chi connectivity index (χ0) is 19.7. The number of rotatable bonds is 7. The maximum atomic E-state index is 13.1. The van der Waals surface area contributed by atoms with E-state index in [0.717, 1.165) is 25.0 Å². The molecule has 1 aromatic carbocycles. The highest BCUT2D eigenvalue weighted by Gasteiger charge is 2.33. The van der Waals surface area contributed by atoms with E-state index < -0.39 is 5.69 Å². The largest absolute Gasteiger partial charge is 0.378 e. The van der Waals surface area contributed by atoms with Crippen LogP contribution in [0.15, 0.2) is 40.2 Å². The fraction of sp³-hybridized carbons (Fsp3) is 0.450. The van der Waals surface area contributed by atoms with Gasteiger partial charge in [0.15, 0.2) is 11.2 Å². The average Bonchev–Trinajstić information content (AvgIpc) is 3.03. The number of nitrogens with zero attached hydrogens (tertiary/aromatic N) is 3. The zero-order valence-corrected chi connectivity index (χ0v) is 16.5. The first kappa shape index (κ1) is 19.0. The highest BCUT2D eigenvalue weighted by Crippen LogP contribution is 2.33. The molecule has 1 N–H and O–H groups in total. The van der Waals surface area contributed by atoms with E-state index in [0.29, 0.717) is 35.6 Å². The van der Waals surface area contributed by atoms with Crippen molar-refractivity contribution < 1.29 is 4.74 Å². The van der Waals surface area contributed by atoms with E-state index >= 15 is 0 Å². The van der Waals surface area contributed by atoms with Crippen molar-refractivity contribution in [3.05, 3.63) is 62.0 Å². The zero-order valence-electron chi connectivity index (χ0n) is 15.7. The summed E-state index contributed by atoms with van der Waals surface area (Å²) < 4.78 is 8.87. The number of unbranched alkanes of at least 4 members (excludes halogenated alkanes) is 1. The number of fused-ring (bicyclic) bond motifs is 1. The molecule has 8 heteroatoms. The van der Waals surface area contributed by atoms with Gasteiger partial charge in [-0.1, -0.05) is 37.1 Å². The van der Waals surface area contributed by atoms with Gasteiger partial charge < -0.3 is 9.30 Å². The van der Waals surface area contributed by atoms with Crippen LogP contribution in [-0.2, 0) is 11.3 Å². The third kappa shape index (κ3) is 3.64. The molecule has 0 spiro atoms. The molecule has 148 valence electrons. The summed E-state index contributed by atoms with van der Waals surface area (Å²) in [4.78, 5) is 32.5. The number of H-pyrrole nitrogens is 1. The van der Waals surface area contributed by atoms with Gasteiger partial charge in [-0.25, -0.2) is 9.78 Å². The summed E-state index contributed by atoms with van der Waals surface area (Å²) >= 11 is 5.94. The van der Waals surface area contributed by atoms with Crippen molar-refractivity contribution in [2.75, 3.05) is 6.61 Å². The molecule has 28 heavy (non-hydrogen) atoms. The molecule has 1 aliphatic carbocycles. The average molecular weight is 403 g/mol. The van der Waals surface area contributed by atoms with Crippen molar-refractivity contribution in [2.45, 2.75) is 51.3 Å². The summed E-state index contributed by atoms with van der Waals surface area (Å²) in [6.07, 6.45) is 5.18. The second kappa shape index (κ2) is 7.93. The molecule has 7 nitrogen and oxygen atoms in total. The van der Waals surface area contributed by atoms with Gasteiger partial charge in [-0.15, -0.1) is 0 Å². The fourth-order valence-corrected chi connectivity index (χ4v) is 3.71. The molecule has 0 amide bonds. The minimum atomic E-state index is -0.411. The molecule has 0 unspecified atom stereocenters. The molecule has 0 aliphatic heterocycles. The van der Waals surface area contributed by atoms with Crippen molar-refractivity contribution in [2.24, 2.45) is 0 Å². The Kier molecular flexibility index (Phi) is 5.37. The lowest BCUT2D eigenvalue weighted by Gasteiger charge is -2.35. The topological polar surface area (TPSA) is 81.9 Å². The summed E-state index contributed by atoms with van der Waals surface area (Å²) in [7, 11) is 0. The van der Waals surface area contributed by atoms with Gasteiger partial charge in [-0.3, -0.25) is 14.3 Å². The molecule has 0 radical (unpaired) electrons. The first-order chi connectivity index (χ1) is 13.6. The number of benzene rings is 1. The lowest BCUT2D eigenvalue weighted by molar-refractivity contribution is -0.0284. The predicted octanol–water partition coefficient (Wildman–Crippen LogP) is 3.11. The van der Waals surface area contributed by atoms with Gasteiger partial charge in [0.2, 0.25) is 0 Å². The Labute approximate surface area is 166 Å². The van der Waals surface area contributed by atoms with Crippen LogP contribution in [0.5, 0.6) is 0 Å². The standard InChI is InChI=1S/C20H23ClN4O3/c1-2-3-8-28-16-9-15(10-16)25-19(26)17-18(23-20(25)27)22-12-24(17)11-13-4-6-14(21)7-5-13/h4-7,12,15-16H,2-3,8-11H2,1H3,(H,23,27). The highest BCUT2D eigenvalue weighted by atomic mass is 35.5. The molecule has 4 rings (SSSR count). The van der Waals surface area contributed by atoms with E-state index in [1.54, 1.807) is 10.9 Å². The van der Waals surface area contributed by atoms with Crippen LogP contribution in [0.3, 0.4) is 0 Å². The number of hydrogen-bond acceptors (Lipinski definition) is 4. The SMILES string of the molecule is CCCCOC1CC(n2c(=O)[nH]c3ncn(Cc4ccc(Cl)cc4)c3c2=O)C1. The Hall–Kier alpha value is -2.38. The summed E-state index contributed by atoms with van der Waals surface area (Å²) in [5.74, 6) is 0. The molecule has 0 atom stereocenters. The van der Waals surface area contributed by atoms with Crippen molar-refractivity contribution in [3.8, 4) is 0 Å². The maximum Gasteiger partial charge on any atom is 0.330 e. The van der Waals surface area contributed by atoms with Crippen LogP contribution < -0.4 is 11.2 Å². The predicted molar refractivity (Wildman–Crippen MR) is 108 cm³/mol. The molecular weight excluding hydrogens is 380 g/mol. The molecule has 3 aromatic rings. The van der Waals surface area contributed by atoms with Gasteiger partial charge in [0.05, 0.1) is 12.4 Å². The number of ether oxygens (including phenoxy) is 1. The van der Waals surface area contributed by atoms with Crippen LogP contribution >= 0.6 is 11.6 Å². The van der Waals surface area contributed by atoms with Gasteiger partial charge in [-0.2, -0.15) is 0 Å². The number of imidazole rings is 1. The Morgan fingerprint density at radius 1 is 1.25 bits per heavy atom. The van der Waals surface area contributed by atoms with Gasteiger partial charge in [0.1, 0.15) is 0 Å². The first-order valence-corrected chi connectivity index (χ1v) is 10.00. The monoisotopic (exact) mass is 402 g/mol. The van der Waals surface area contributed by atoms with E-state index in [4.69, 9.17) is 16.3 Å². The molecule has 0 bridgehead atoms. The number of hydrogen-bond donors (Lipinski definition) is 1. The van der Waals surface area contributed by atoms with Crippen molar-refractivity contribution in [1.29, 1.82) is 0 Å². The molecule has 2 aromatic heterocycles. The molecule has 1 aliphatic rings. The number of halogens is 1. The summed E-state index contributed by atoms with van der Waals surface area (Å²) in [5, 5.41) is 0.659. The van der Waals surface area contributed by atoms with Gasteiger partial charge in [0.25, 0.3) is 5.56 Å². The lowest BCUT2D eigenvalue weighted by atomic mass is 9.89. The first-order valence-electron chi connectivity index (χ1n) is 9.62. The van der Waals surface area contributed by atoms with Crippen LogP contribution in [0, 0.1) is 0 Å². The quantitative estimate of drug-likeness (QED) is 0.615. The molecular formula is C20H23ClN4O3. The smallest absolute Gasteiger partial charge is 0.330 e. The third-order valence-corrected chi connectivity index (χ3v) is 5.51. The van der Waals surface area contributed by atoms with Crippen molar-refractivity contribution >= 4 is 22.8 Å². The molecule has 0 saturated heterocycles. The lowest BCUT2D eigenvalue weighted by Crippen LogP contribution is -2.45. The Morgan fingerprint density at radius 3 is 2.71 bits per heavy atom. The minimum Gasteiger partial charge on any atom is -0.378 e. The summed E-state index contributed by atoms with van der Waals surface area (Å²) in [6, 6.07) is 7.29. The minimum absolute atomic E-state index is 0.123. The normalized spacial score (nSPS) is 19.1. The van der Waals surface area contributed by atoms with Crippen LogP contribution in [0.1, 0.15) is 44.2 Å². The number of aromatic nitrogens is 4. The van der Waals surface area contributed by atoms with Gasteiger partial charge in [0, 0.05) is 24.2 Å². The maximum absolute atomic E-state index is 13.1. The Balaban J connectivity index is 1.60. The van der Waals surface area contributed by atoms with Crippen LogP contribution in [0.2, 0.25) is 5.02 Å². The van der Waals surface area contributed by atoms with Crippen molar-refractivity contribution in [3.63, 3.8) is 0 Å². The van der Waals surface area contributed by atoms with E-state index in [9.17, 15) is 9.59 Å². The van der Waals surface area contributed by atoms with E-state index in [2.05, 4.69) is 16.9 Å². The Bertz CT molecular complexity index is 1080. The number of aromatic amines is 1. The van der Waals surface area contributed by atoms with Crippen LogP contribution in [-0.4, -0.2) is 31.8 Å². The molecule has 1 saturated carbocycles. The van der Waals surface area contributed by atoms with Crippen LogP contribution in [0.25, 0.3) is 11.2 Å². The van der Waals surface area contributed by atoms with Gasteiger partial charge in [-0.05, 0) is 37.0 Å². The van der Waals surface area contributed by atoms with E-state index in [-0.39, 0.29) is 17.7 Å². The Morgan fingerprint density at radius 2 is 2.00 bits per heavy atom. The van der Waals surface area contributed by atoms with E-state index in [1.807, 2.05) is 24.3 Å². The second-order valence-electron chi connectivity index (χ2n) is 7.27. The second-order valence-corrected chi connectivity index (χ2v) is 7.71. The van der Waals surface area contributed by atoms with Crippen LogP contribution in [0.4, 0.5) is 0 Å².